The van der Waals surface area contributed by atoms with Gasteiger partial charge >= 0.3 is 0 Å². The van der Waals surface area contributed by atoms with Gasteiger partial charge in [-0.2, -0.15) is 0 Å². The van der Waals surface area contributed by atoms with Crippen LogP contribution < -0.4 is 4.72 Å². The van der Waals surface area contributed by atoms with Crippen LogP contribution in [0.2, 0.25) is 5.02 Å². The van der Waals surface area contributed by atoms with Gasteiger partial charge in [-0.15, -0.1) is 0 Å². The molecule has 0 aliphatic carbocycles. The van der Waals surface area contributed by atoms with Gasteiger partial charge in [0.1, 0.15) is 4.90 Å². The quantitative estimate of drug-likeness (QED) is 0.855. The normalized spacial score (nSPS) is 18.5. The number of sulfonamides is 1. The zero-order valence-corrected chi connectivity index (χ0v) is 14.5. The molecular formula is C15H23ClN2O3S. The largest absolute Gasteiger partial charge is 0.379 e. The van der Waals surface area contributed by atoms with Gasteiger partial charge in [0.25, 0.3) is 0 Å². The highest BCUT2D eigenvalue weighted by Crippen LogP contribution is 2.21. The summed E-state index contributed by atoms with van der Waals surface area (Å²) in [5.74, 6) is 0.340. The van der Waals surface area contributed by atoms with Crippen molar-refractivity contribution in [2.24, 2.45) is 5.92 Å². The number of halogens is 1. The minimum absolute atomic E-state index is 0.126. The number of benzene rings is 1. The Morgan fingerprint density at radius 3 is 2.50 bits per heavy atom. The van der Waals surface area contributed by atoms with Gasteiger partial charge in [-0.3, -0.25) is 4.90 Å². The van der Waals surface area contributed by atoms with Gasteiger partial charge in [-0.1, -0.05) is 37.6 Å². The van der Waals surface area contributed by atoms with Crippen molar-refractivity contribution >= 4 is 21.6 Å². The van der Waals surface area contributed by atoms with Crippen LogP contribution in [0.1, 0.15) is 13.8 Å². The molecule has 1 aliphatic heterocycles. The summed E-state index contributed by atoms with van der Waals surface area (Å²) in [6.45, 7) is 7.62. The summed E-state index contributed by atoms with van der Waals surface area (Å²) in [7, 11) is -3.60. The fourth-order valence-electron chi connectivity index (χ4n) is 2.63. The molecule has 1 fully saturated rings. The van der Waals surface area contributed by atoms with E-state index in [1.54, 1.807) is 18.2 Å². The number of hydrogen-bond acceptors (Lipinski definition) is 4. The molecule has 1 unspecified atom stereocenters. The molecule has 1 saturated heterocycles. The Kier molecular flexibility index (Phi) is 6.23. The minimum atomic E-state index is -3.60. The molecule has 0 bridgehead atoms. The lowest BCUT2D eigenvalue weighted by molar-refractivity contribution is 0.00776. The van der Waals surface area contributed by atoms with E-state index >= 15 is 0 Å². The van der Waals surface area contributed by atoms with Gasteiger partial charge in [0.2, 0.25) is 10.0 Å². The first-order valence-corrected chi connectivity index (χ1v) is 9.34. The molecule has 22 heavy (non-hydrogen) atoms. The summed E-state index contributed by atoms with van der Waals surface area (Å²) < 4.78 is 32.9. The number of morpholine rings is 1. The van der Waals surface area contributed by atoms with Crippen molar-refractivity contribution in [1.82, 2.24) is 9.62 Å². The summed E-state index contributed by atoms with van der Waals surface area (Å²) in [5.41, 5.74) is 0. The summed E-state index contributed by atoms with van der Waals surface area (Å²) >= 11 is 5.99. The molecule has 1 aromatic rings. The molecule has 1 aliphatic rings. The van der Waals surface area contributed by atoms with Crippen LogP contribution in [0.4, 0.5) is 0 Å². The molecule has 0 spiro atoms. The molecular weight excluding hydrogens is 324 g/mol. The number of nitrogens with one attached hydrogen (secondary N) is 1. The lowest BCUT2D eigenvalue weighted by Gasteiger charge is -2.36. The topological polar surface area (TPSA) is 58.6 Å². The highest BCUT2D eigenvalue weighted by Gasteiger charge is 2.26. The molecule has 1 N–H and O–H groups in total. The molecule has 0 aromatic heterocycles. The third-order valence-electron chi connectivity index (χ3n) is 3.89. The Hall–Kier alpha value is -0.660. The average molecular weight is 347 g/mol. The Morgan fingerprint density at radius 1 is 1.27 bits per heavy atom. The summed E-state index contributed by atoms with van der Waals surface area (Å²) in [6, 6.07) is 6.62. The number of ether oxygens (including phenoxy) is 1. The van der Waals surface area contributed by atoms with Crippen LogP contribution in [0.5, 0.6) is 0 Å². The Morgan fingerprint density at radius 2 is 1.91 bits per heavy atom. The predicted octanol–water partition coefficient (Wildman–Crippen LogP) is 1.98. The van der Waals surface area contributed by atoms with Crippen LogP contribution in [0.3, 0.4) is 0 Å². The SMILES string of the molecule is CC(C)C(CNS(=O)(=O)c1ccccc1Cl)N1CCOCC1. The number of rotatable bonds is 6. The van der Waals surface area contributed by atoms with Crippen molar-refractivity contribution in [3.8, 4) is 0 Å². The average Bonchev–Trinajstić information content (AvgIpc) is 2.48. The van der Waals surface area contributed by atoms with Crippen LogP contribution in [0, 0.1) is 5.92 Å². The first kappa shape index (κ1) is 17.7. The second-order valence-corrected chi connectivity index (χ2v) is 7.88. The van der Waals surface area contributed by atoms with Crippen molar-refractivity contribution in [3.05, 3.63) is 29.3 Å². The Bertz CT molecular complexity index is 586. The zero-order valence-electron chi connectivity index (χ0n) is 13.0. The van der Waals surface area contributed by atoms with Gasteiger partial charge in [-0.25, -0.2) is 13.1 Å². The monoisotopic (exact) mass is 346 g/mol. The van der Waals surface area contributed by atoms with E-state index in [1.165, 1.54) is 6.07 Å². The number of hydrogen-bond donors (Lipinski definition) is 1. The highest BCUT2D eigenvalue weighted by molar-refractivity contribution is 7.89. The van der Waals surface area contributed by atoms with E-state index in [1.807, 2.05) is 0 Å². The second kappa shape index (κ2) is 7.75. The minimum Gasteiger partial charge on any atom is -0.379 e. The van der Waals surface area contributed by atoms with Crippen molar-refractivity contribution < 1.29 is 13.2 Å². The van der Waals surface area contributed by atoms with Gasteiger partial charge in [-0.05, 0) is 18.1 Å². The maximum absolute atomic E-state index is 12.4. The van der Waals surface area contributed by atoms with Crippen LogP contribution >= 0.6 is 11.6 Å². The van der Waals surface area contributed by atoms with E-state index in [0.717, 1.165) is 13.1 Å². The molecule has 1 aromatic carbocycles. The first-order valence-electron chi connectivity index (χ1n) is 7.48. The van der Waals surface area contributed by atoms with Gasteiger partial charge in [0.05, 0.1) is 18.2 Å². The van der Waals surface area contributed by atoms with Crippen molar-refractivity contribution in [2.75, 3.05) is 32.8 Å². The van der Waals surface area contributed by atoms with Gasteiger partial charge in [0.15, 0.2) is 0 Å². The number of nitrogens with zero attached hydrogens (tertiary/aromatic N) is 1. The van der Waals surface area contributed by atoms with E-state index in [2.05, 4.69) is 23.5 Å². The van der Waals surface area contributed by atoms with E-state index < -0.39 is 10.0 Å². The lowest BCUT2D eigenvalue weighted by Crippen LogP contribution is -2.51. The van der Waals surface area contributed by atoms with Crippen molar-refractivity contribution in [3.63, 3.8) is 0 Å². The lowest BCUT2D eigenvalue weighted by atomic mass is 10.0. The zero-order chi connectivity index (χ0) is 16.2. The molecule has 1 heterocycles. The molecule has 0 radical (unpaired) electrons. The molecule has 2 rings (SSSR count). The third-order valence-corrected chi connectivity index (χ3v) is 5.82. The fourth-order valence-corrected chi connectivity index (χ4v) is 4.20. The van der Waals surface area contributed by atoms with E-state index in [-0.39, 0.29) is 16.0 Å². The molecule has 0 saturated carbocycles. The first-order chi connectivity index (χ1) is 10.4. The Labute approximate surface area is 137 Å². The smallest absolute Gasteiger partial charge is 0.242 e. The van der Waals surface area contributed by atoms with E-state index in [4.69, 9.17) is 16.3 Å². The van der Waals surface area contributed by atoms with Crippen molar-refractivity contribution in [2.45, 2.75) is 24.8 Å². The molecule has 5 nitrogen and oxygen atoms in total. The maximum atomic E-state index is 12.4. The van der Waals surface area contributed by atoms with Crippen LogP contribution in [0.15, 0.2) is 29.2 Å². The van der Waals surface area contributed by atoms with Gasteiger partial charge < -0.3 is 4.74 Å². The highest BCUT2D eigenvalue weighted by atomic mass is 35.5. The molecule has 124 valence electrons. The summed E-state index contributed by atoms with van der Waals surface area (Å²) in [5, 5.41) is 0.238. The standard InChI is InChI=1S/C15H23ClN2O3S/c1-12(2)14(18-7-9-21-10-8-18)11-17-22(19,20)15-6-4-3-5-13(15)16/h3-6,12,14,17H,7-11H2,1-2H3. The molecule has 0 amide bonds. The van der Waals surface area contributed by atoms with Crippen LogP contribution in [0.25, 0.3) is 0 Å². The second-order valence-electron chi connectivity index (χ2n) is 5.74. The van der Waals surface area contributed by atoms with E-state index in [9.17, 15) is 8.42 Å². The maximum Gasteiger partial charge on any atom is 0.242 e. The Balaban J connectivity index is 2.07. The third kappa shape index (κ3) is 4.43. The molecule has 7 heteroatoms. The molecule has 1 atom stereocenters. The van der Waals surface area contributed by atoms with E-state index in [0.29, 0.717) is 25.7 Å². The summed E-state index contributed by atoms with van der Waals surface area (Å²) in [6.07, 6.45) is 0. The van der Waals surface area contributed by atoms with Gasteiger partial charge in [0, 0.05) is 25.7 Å². The van der Waals surface area contributed by atoms with Crippen LogP contribution in [-0.2, 0) is 14.8 Å². The fraction of sp³-hybridized carbons (Fsp3) is 0.600. The summed E-state index contributed by atoms with van der Waals surface area (Å²) in [4.78, 5) is 2.41. The van der Waals surface area contributed by atoms with Crippen molar-refractivity contribution in [1.29, 1.82) is 0 Å². The van der Waals surface area contributed by atoms with Crippen LogP contribution in [-0.4, -0.2) is 52.2 Å². The predicted molar refractivity (Wildman–Crippen MR) is 87.7 cm³/mol.